The molecule has 5 heteroatoms. The fraction of sp³-hybridized carbons (Fsp3) is 0.364. The number of amides is 1. The second-order valence-electron chi connectivity index (χ2n) is 3.02. The summed E-state index contributed by atoms with van der Waals surface area (Å²) in [5.74, 6) is -0.270. The van der Waals surface area contributed by atoms with Gasteiger partial charge in [0.2, 0.25) is 0 Å². The van der Waals surface area contributed by atoms with Crippen LogP contribution in [-0.4, -0.2) is 19.1 Å². The summed E-state index contributed by atoms with van der Waals surface area (Å²) in [4.78, 5) is 11.2. The van der Waals surface area contributed by atoms with Crippen LogP contribution in [0.2, 0.25) is 0 Å². The zero-order valence-electron chi connectivity index (χ0n) is 9.02. The number of carbonyl (C=O) groups excluding carboxylic acids is 1. The summed E-state index contributed by atoms with van der Waals surface area (Å²) in [6.45, 7) is 2.89. The fourth-order valence-electron chi connectivity index (χ4n) is 1.01. The lowest BCUT2D eigenvalue weighted by atomic mass is 10.3. The summed E-state index contributed by atoms with van der Waals surface area (Å²) >= 11 is 3.31. The molecule has 1 amide bonds. The fourth-order valence-corrected chi connectivity index (χ4v) is 1.39. The van der Waals surface area contributed by atoms with Crippen LogP contribution in [0, 0.1) is 0 Å². The largest absolute Gasteiger partial charge is 0.381 e. The minimum Gasteiger partial charge on any atom is -0.381 e. The molecule has 0 N–H and O–H groups in total. The first kappa shape index (κ1) is 13.0. The second-order valence-corrected chi connectivity index (χ2v) is 3.94. The van der Waals surface area contributed by atoms with E-state index in [9.17, 15) is 4.79 Å². The predicted octanol–water partition coefficient (Wildman–Crippen LogP) is 3.49. The average Bonchev–Trinajstić information content (AvgIpc) is 2.27. The van der Waals surface area contributed by atoms with Crippen LogP contribution in [0.3, 0.4) is 0 Å². The summed E-state index contributed by atoms with van der Waals surface area (Å²) in [5, 5.41) is 7.43. The standard InChI is InChI=1S/C11H13BrN2O2/c1-2-16-7-6-11(15)14-13-10-5-3-4-9(12)8-10/h3-5,8H,2,6-7H2,1H3. The Hall–Kier alpha value is -1.07. The van der Waals surface area contributed by atoms with E-state index in [1.165, 1.54) is 0 Å². The van der Waals surface area contributed by atoms with Crippen LogP contribution in [0.1, 0.15) is 13.3 Å². The van der Waals surface area contributed by atoms with Gasteiger partial charge in [-0.15, -0.1) is 10.2 Å². The van der Waals surface area contributed by atoms with Gasteiger partial charge in [-0.05, 0) is 25.1 Å². The third kappa shape index (κ3) is 5.14. The third-order valence-electron chi connectivity index (χ3n) is 1.75. The molecule has 0 radical (unpaired) electrons. The van der Waals surface area contributed by atoms with Crippen molar-refractivity contribution in [1.82, 2.24) is 0 Å². The van der Waals surface area contributed by atoms with Gasteiger partial charge in [-0.1, -0.05) is 22.0 Å². The molecule has 0 atom stereocenters. The highest BCUT2D eigenvalue weighted by Crippen LogP contribution is 2.18. The van der Waals surface area contributed by atoms with Crippen LogP contribution >= 0.6 is 15.9 Å². The van der Waals surface area contributed by atoms with Crippen LogP contribution in [0.15, 0.2) is 39.0 Å². The normalized spacial score (nSPS) is 10.9. The third-order valence-corrected chi connectivity index (χ3v) is 2.24. The molecule has 1 rings (SSSR count). The number of carbonyl (C=O) groups is 1. The summed E-state index contributed by atoms with van der Waals surface area (Å²) < 4.78 is 5.95. The quantitative estimate of drug-likeness (QED) is 0.614. The molecule has 0 unspecified atom stereocenters. The molecule has 1 aromatic rings. The second kappa shape index (κ2) is 7.24. The van der Waals surface area contributed by atoms with E-state index in [-0.39, 0.29) is 12.3 Å². The molecule has 0 spiro atoms. The molecule has 4 nitrogen and oxygen atoms in total. The lowest BCUT2D eigenvalue weighted by Gasteiger charge is -1.96. The lowest BCUT2D eigenvalue weighted by molar-refractivity contribution is -0.119. The molecule has 0 aliphatic carbocycles. The van der Waals surface area contributed by atoms with Gasteiger partial charge in [0, 0.05) is 11.1 Å². The van der Waals surface area contributed by atoms with Crippen molar-refractivity contribution in [3.8, 4) is 0 Å². The monoisotopic (exact) mass is 284 g/mol. The van der Waals surface area contributed by atoms with Gasteiger partial charge in [0.05, 0.1) is 18.7 Å². The Bertz CT molecular complexity index is 380. The average molecular weight is 285 g/mol. The van der Waals surface area contributed by atoms with Crippen molar-refractivity contribution in [3.63, 3.8) is 0 Å². The van der Waals surface area contributed by atoms with Crippen molar-refractivity contribution in [2.75, 3.05) is 13.2 Å². The number of azo groups is 1. The number of ether oxygens (including phenoxy) is 1. The van der Waals surface area contributed by atoms with Crippen LogP contribution in [0.25, 0.3) is 0 Å². The first-order chi connectivity index (χ1) is 7.72. The van der Waals surface area contributed by atoms with Gasteiger partial charge in [-0.2, -0.15) is 0 Å². The number of halogens is 1. The maximum absolute atomic E-state index is 11.2. The van der Waals surface area contributed by atoms with Gasteiger partial charge in [0.25, 0.3) is 5.91 Å². The molecule has 16 heavy (non-hydrogen) atoms. The summed E-state index contributed by atoms with van der Waals surface area (Å²) in [5.41, 5.74) is 0.652. The summed E-state index contributed by atoms with van der Waals surface area (Å²) in [6.07, 6.45) is 0.269. The molecular weight excluding hydrogens is 272 g/mol. The van der Waals surface area contributed by atoms with Crippen molar-refractivity contribution in [2.45, 2.75) is 13.3 Å². The minimum atomic E-state index is -0.270. The number of rotatable bonds is 5. The van der Waals surface area contributed by atoms with E-state index in [1.807, 2.05) is 19.1 Å². The molecule has 0 bridgehead atoms. The Morgan fingerprint density at radius 3 is 3.00 bits per heavy atom. The number of nitrogens with zero attached hydrogens (tertiary/aromatic N) is 2. The number of benzene rings is 1. The molecule has 1 aromatic carbocycles. The Labute approximate surface area is 103 Å². The molecule has 0 saturated heterocycles. The molecule has 86 valence electrons. The van der Waals surface area contributed by atoms with Crippen molar-refractivity contribution >= 4 is 27.5 Å². The van der Waals surface area contributed by atoms with E-state index in [4.69, 9.17) is 4.74 Å². The first-order valence-corrected chi connectivity index (χ1v) is 5.79. The van der Waals surface area contributed by atoms with E-state index >= 15 is 0 Å². The van der Waals surface area contributed by atoms with Crippen molar-refractivity contribution in [1.29, 1.82) is 0 Å². The van der Waals surface area contributed by atoms with Gasteiger partial charge in [-0.3, -0.25) is 4.79 Å². The van der Waals surface area contributed by atoms with Gasteiger partial charge in [-0.25, -0.2) is 0 Å². The van der Waals surface area contributed by atoms with E-state index in [1.54, 1.807) is 12.1 Å². The topological polar surface area (TPSA) is 51.0 Å². The smallest absolute Gasteiger partial charge is 0.267 e. The van der Waals surface area contributed by atoms with E-state index in [0.29, 0.717) is 18.9 Å². The molecule has 0 heterocycles. The van der Waals surface area contributed by atoms with Crippen LogP contribution in [-0.2, 0) is 9.53 Å². The Kier molecular flexibility index (Phi) is 5.88. The highest BCUT2D eigenvalue weighted by Gasteiger charge is 1.98. The minimum absolute atomic E-state index is 0.269. The summed E-state index contributed by atoms with van der Waals surface area (Å²) in [6, 6.07) is 7.29. The molecule has 0 aliphatic heterocycles. The van der Waals surface area contributed by atoms with Gasteiger partial charge >= 0.3 is 0 Å². The maximum atomic E-state index is 11.2. The first-order valence-electron chi connectivity index (χ1n) is 5.00. The Morgan fingerprint density at radius 1 is 1.50 bits per heavy atom. The van der Waals surface area contributed by atoms with Crippen molar-refractivity contribution in [2.24, 2.45) is 10.2 Å². The maximum Gasteiger partial charge on any atom is 0.267 e. The Balaban J connectivity index is 2.44. The van der Waals surface area contributed by atoms with Crippen LogP contribution in [0.4, 0.5) is 5.69 Å². The highest BCUT2D eigenvalue weighted by atomic mass is 79.9. The zero-order chi connectivity index (χ0) is 11.8. The van der Waals surface area contributed by atoms with E-state index in [2.05, 4.69) is 26.2 Å². The SMILES string of the molecule is CCOCCC(=O)N=Nc1cccc(Br)c1. The number of hydrogen-bond donors (Lipinski definition) is 0. The van der Waals surface area contributed by atoms with Gasteiger partial charge in [0.15, 0.2) is 0 Å². The van der Waals surface area contributed by atoms with E-state index in [0.717, 1.165) is 4.47 Å². The van der Waals surface area contributed by atoms with Gasteiger partial charge in [0.1, 0.15) is 0 Å². The molecule has 0 aromatic heterocycles. The van der Waals surface area contributed by atoms with Crippen LogP contribution in [0.5, 0.6) is 0 Å². The van der Waals surface area contributed by atoms with Crippen molar-refractivity contribution < 1.29 is 9.53 Å². The highest BCUT2D eigenvalue weighted by molar-refractivity contribution is 9.10. The van der Waals surface area contributed by atoms with Crippen LogP contribution < -0.4 is 0 Å². The van der Waals surface area contributed by atoms with Gasteiger partial charge < -0.3 is 4.74 Å². The Morgan fingerprint density at radius 2 is 2.31 bits per heavy atom. The predicted molar refractivity (Wildman–Crippen MR) is 64.8 cm³/mol. The van der Waals surface area contributed by atoms with Crippen molar-refractivity contribution in [3.05, 3.63) is 28.7 Å². The summed E-state index contributed by atoms with van der Waals surface area (Å²) in [7, 11) is 0. The molecular formula is C11H13BrN2O2. The lowest BCUT2D eigenvalue weighted by Crippen LogP contribution is -2.00. The van der Waals surface area contributed by atoms with E-state index < -0.39 is 0 Å². The molecule has 0 fully saturated rings. The molecule has 0 saturated carbocycles. The zero-order valence-corrected chi connectivity index (χ0v) is 10.6. The molecule has 0 aliphatic rings. The number of hydrogen-bond acceptors (Lipinski definition) is 3.